The minimum absolute atomic E-state index is 0.254. The zero-order valence-electron chi connectivity index (χ0n) is 11.4. The predicted octanol–water partition coefficient (Wildman–Crippen LogP) is 3.04. The summed E-state index contributed by atoms with van der Waals surface area (Å²) in [5, 5.41) is 17.6. The molecule has 104 valence electrons. The topological polar surface area (TPSA) is 63.7 Å². The van der Waals surface area contributed by atoms with Gasteiger partial charge in [-0.3, -0.25) is 0 Å². The Balaban J connectivity index is 2.13. The van der Waals surface area contributed by atoms with Gasteiger partial charge in [-0.1, -0.05) is 30.7 Å². The molecule has 2 aromatic rings. The van der Waals surface area contributed by atoms with E-state index in [-0.39, 0.29) is 6.61 Å². The van der Waals surface area contributed by atoms with Crippen molar-refractivity contribution < 1.29 is 4.74 Å². The maximum Gasteiger partial charge on any atom is 0.189 e. The molecule has 0 radical (unpaired) electrons. The molecular formula is C14H15ClN4O. The number of hydrogen-bond acceptors (Lipinski definition) is 4. The molecule has 0 amide bonds. The van der Waals surface area contributed by atoms with Crippen LogP contribution in [0.5, 0.6) is 5.75 Å². The number of nitriles is 1. The van der Waals surface area contributed by atoms with Crippen molar-refractivity contribution in [3.63, 3.8) is 0 Å². The van der Waals surface area contributed by atoms with E-state index in [0.29, 0.717) is 34.6 Å². The fraction of sp³-hybridized carbons (Fsp3) is 0.357. The molecular weight excluding hydrogens is 276 g/mol. The van der Waals surface area contributed by atoms with E-state index in [2.05, 4.69) is 24.2 Å². The maximum atomic E-state index is 9.06. The molecule has 0 aliphatic rings. The Labute approximate surface area is 122 Å². The zero-order valence-corrected chi connectivity index (χ0v) is 12.1. The second-order valence-corrected chi connectivity index (χ2v) is 5.25. The molecule has 1 aromatic heterocycles. The molecule has 6 heteroatoms. The van der Waals surface area contributed by atoms with Crippen molar-refractivity contribution in [2.24, 2.45) is 5.92 Å². The highest BCUT2D eigenvalue weighted by atomic mass is 35.5. The first-order valence-corrected chi connectivity index (χ1v) is 6.68. The summed E-state index contributed by atoms with van der Waals surface area (Å²) >= 11 is 5.82. The summed E-state index contributed by atoms with van der Waals surface area (Å²) in [5.41, 5.74) is 0.996. The van der Waals surface area contributed by atoms with Gasteiger partial charge in [-0.2, -0.15) is 5.26 Å². The van der Waals surface area contributed by atoms with Crippen molar-refractivity contribution in [2.75, 3.05) is 0 Å². The van der Waals surface area contributed by atoms with Crippen molar-refractivity contribution in [2.45, 2.75) is 27.0 Å². The van der Waals surface area contributed by atoms with Crippen LogP contribution in [0.15, 0.2) is 24.3 Å². The summed E-state index contributed by atoms with van der Waals surface area (Å²) in [6.45, 7) is 5.12. The van der Waals surface area contributed by atoms with Crippen LogP contribution in [0.2, 0.25) is 5.02 Å². The van der Waals surface area contributed by atoms with Gasteiger partial charge in [0.2, 0.25) is 0 Å². The lowest BCUT2D eigenvalue weighted by molar-refractivity contribution is 0.287. The van der Waals surface area contributed by atoms with Crippen LogP contribution in [0.3, 0.4) is 0 Å². The summed E-state index contributed by atoms with van der Waals surface area (Å²) in [6.07, 6.45) is 0. The molecule has 1 aromatic carbocycles. The van der Waals surface area contributed by atoms with Crippen LogP contribution in [0.25, 0.3) is 0 Å². The largest absolute Gasteiger partial charge is 0.487 e. The van der Waals surface area contributed by atoms with E-state index in [4.69, 9.17) is 21.6 Å². The summed E-state index contributed by atoms with van der Waals surface area (Å²) in [4.78, 5) is 0. The van der Waals surface area contributed by atoms with Gasteiger partial charge in [0, 0.05) is 11.6 Å². The molecule has 0 N–H and O–H groups in total. The Morgan fingerprint density at radius 1 is 1.35 bits per heavy atom. The minimum Gasteiger partial charge on any atom is -0.487 e. The standard InChI is InChI=1S/C14H15ClN4O/c1-10(2)8-19-14(13(7-16)17-18-19)9-20-12-5-3-11(15)4-6-12/h3-6,10H,8-9H2,1-2H3. The van der Waals surface area contributed by atoms with Crippen LogP contribution >= 0.6 is 11.6 Å². The smallest absolute Gasteiger partial charge is 0.189 e. The van der Waals surface area contributed by atoms with Gasteiger partial charge < -0.3 is 4.74 Å². The summed E-state index contributed by atoms with van der Waals surface area (Å²) in [7, 11) is 0. The fourth-order valence-electron chi connectivity index (χ4n) is 1.74. The molecule has 2 rings (SSSR count). The molecule has 0 bridgehead atoms. The van der Waals surface area contributed by atoms with E-state index in [1.54, 1.807) is 28.9 Å². The monoisotopic (exact) mass is 290 g/mol. The van der Waals surface area contributed by atoms with Crippen LogP contribution in [0.1, 0.15) is 25.2 Å². The lowest BCUT2D eigenvalue weighted by Gasteiger charge is -2.10. The van der Waals surface area contributed by atoms with Crippen LogP contribution < -0.4 is 4.74 Å². The molecule has 0 spiro atoms. The first-order valence-electron chi connectivity index (χ1n) is 6.31. The van der Waals surface area contributed by atoms with Crippen molar-refractivity contribution in [3.8, 4) is 11.8 Å². The van der Waals surface area contributed by atoms with Crippen LogP contribution in [-0.2, 0) is 13.2 Å². The van der Waals surface area contributed by atoms with Gasteiger partial charge in [0.15, 0.2) is 5.69 Å². The Morgan fingerprint density at radius 3 is 2.65 bits per heavy atom. The Hall–Kier alpha value is -2.06. The first-order chi connectivity index (χ1) is 9.60. The lowest BCUT2D eigenvalue weighted by atomic mass is 10.2. The number of nitrogens with zero attached hydrogens (tertiary/aromatic N) is 4. The van der Waals surface area contributed by atoms with Gasteiger partial charge >= 0.3 is 0 Å². The average molecular weight is 291 g/mol. The highest BCUT2D eigenvalue weighted by molar-refractivity contribution is 6.30. The zero-order chi connectivity index (χ0) is 14.5. The van der Waals surface area contributed by atoms with Gasteiger partial charge in [-0.15, -0.1) is 5.10 Å². The van der Waals surface area contributed by atoms with Gasteiger partial charge in [-0.25, -0.2) is 4.68 Å². The molecule has 0 unspecified atom stereocenters. The molecule has 5 nitrogen and oxygen atoms in total. The van der Waals surface area contributed by atoms with E-state index in [1.807, 2.05) is 6.07 Å². The van der Waals surface area contributed by atoms with E-state index in [0.717, 1.165) is 0 Å². The highest BCUT2D eigenvalue weighted by Gasteiger charge is 2.14. The van der Waals surface area contributed by atoms with Crippen molar-refractivity contribution in [3.05, 3.63) is 40.7 Å². The minimum atomic E-state index is 0.254. The van der Waals surface area contributed by atoms with Gasteiger partial charge in [0.1, 0.15) is 24.1 Å². The molecule has 0 aliphatic carbocycles. The predicted molar refractivity (Wildman–Crippen MR) is 75.4 cm³/mol. The summed E-state index contributed by atoms with van der Waals surface area (Å²) < 4.78 is 7.38. The molecule has 0 aliphatic heterocycles. The third kappa shape index (κ3) is 3.49. The molecule has 20 heavy (non-hydrogen) atoms. The molecule has 0 saturated carbocycles. The van der Waals surface area contributed by atoms with E-state index < -0.39 is 0 Å². The van der Waals surface area contributed by atoms with Gasteiger partial charge in [-0.05, 0) is 30.2 Å². The first kappa shape index (κ1) is 14.4. The number of benzene rings is 1. The molecule has 0 atom stereocenters. The molecule has 0 saturated heterocycles. The van der Waals surface area contributed by atoms with E-state index in [9.17, 15) is 0 Å². The number of halogens is 1. The molecule has 0 fully saturated rings. The highest BCUT2D eigenvalue weighted by Crippen LogP contribution is 2.17. The second kappa shape index (κ2) is 6.40. The van der Waals surface area contributed by atoms with Crippen molar-refractivity contribution in [1.82, 2.24) is 15.0 Å². The number of aromatic nitrogens is 3. The number of rotatable bonds is 5. The Bertz CT molecular complexity index is 613. The Morgan fingerprint density at radius 2 is 2.05 bits per heavy atom. The Kier molecular flexibility index (Phi) is 4.59. The molecule has 1 heterocycles. The van der Waals surface area contributed by atoms with Crippen molar-refractivity contribution in [1.29, 1.82) is 5.26 Å². The fourth-order valence-corrected chi connectivity index (χ4v) is 1.86. The van der Waals surface area contributed by atoms with Crippen LogP contribution in [0, 0.1) is 17.2 Å². The average Bonchev–Trinajstić information content (AvgIpc) is 2.79. The maximum absolute atomic E-state index is 9.06. The van der Waals surface area contributed by atoms with Gasteiger partial charge in [0.05, 0.1) is 0 Å². The van der Waals surface area contributed by atoms with Gasteiger partial charge in [0.25, 0.3) is 0 Å². The van der Waals surface area contributed by atoms with Crippen LogP contribution in [-0.4, -0.2) is 15.0 Å². The normalized spacial score (nSPS) is 10.6. The third-order valence-electron chi connectivity index (χ3n) is 2.67. The second-order valence-electron chi connectivity index (χ2n) is 4.82. The quantitative estimate of drug-likeness (QED) is 0.849. The van der Waals surface area contributed by atoms with E-state index in [1.165, 1.54) is 0 Å². The SMILES string of the molecule is CC(C)Cn1nnc(C#N)c1COc1ccc(Cl)cc1. The lowest BCUT2D eigenvalue weighted by Crippen LogP contribution is -2.12. The van der Waals surface area contributed by atoms with Crippen molar-refractivity contribution >= 4 is 11.6 Å². The summed E-state index contributed by atoms with van der Waals surface area (Å²) in [5.74, 6) is 1.10. The summed E-state index contributed by atoms with van der Waals surface area (Å²) in [6, 6.07) is 9.12. The van der Waals surface area contributed by atoms with E-state index >= 15 is 0 Å². The number of ether oxygens (including phenoxy) is 1. The van der Waals surface area contributed by atoms with Crippen LogP contribution in [0.4, 0.5) is 0 Å². The third-order valence-corrected chi connectivity index (χ3v) is 2.92. The number of hydrogen-bond donors (Lipinski definition) is 0.